The van der Waals surface area contributed by atoms with E-state index in [0.29, 0.717) is 5.56 Å². The smallest absolute Gasteiger partial charge is 0.371 e. The summed E-state index contributed by atoms with van der Waals surface area (Å²) in [6.07, 6.45) is -27.6. The van der Waals surface area contributed by atoms with Crippen molar-refractivity contribution in [2.75, 3.05) is 13.4 Å². The van der Waals surface area contributed by atoms with E-state index in [-0.39, 0.29) is 12.2 Å². The molecule has 17 heteroatoms. The highest BCUT2D eigenvalue weighted by Crippen LogP contribution is 2.51. The van der Waals surface area contributed by atoms with E-state index in [1.54, 1.807) is 0 Å². The van der Waals surface area contributed by atoms with Crippen molar-refractivity contribution in [1.82, 2.24) is 0 Å². The van der Waals surface area contributed by atoms with Gasteiger partial charge in [0.25, 0.3) is 0 Å². The van der Waals surface area contributed by atoms with Crippen molar-refractivity contribution >= 4 is 0 Å². The highest BCUT2D eigenvalue weighted by molar-refractivity contribution is 5.21. The minimum absolute atomic E-state index is 0.0506. The van der Waals surface area contributed by atoms with Crippen LogP contribution in [0.3, 0.4) is 0 Å². The Kier molecular flexibility index (Phi) is 10.5. The van der Waals surface area contributed by atoms with Gasteiger partial charge in [0.15, 0.2) is 0 Å². The Bertz CT molecular complexity index is 1070. The van der Waals surface area contributed by atoms with E-state index in [2.05, 4.69) is 18.9 Å². The topological polar surface area (TPSA) is 57.2 Å². The minimum atomic E-state index is -7.04. The molecule has 2 aromatic carbocycles. The number of hydrogen-bond donors (Lipinski definition) is 1. The fourth-order valence-electron chi connectivity index (χ4n) is 2.90. The number of benzene rings is 2. The molecule has 1 N–H and O–H groups in total. The van der Waals surface area contributed by atoms with E-state index >= 15 is 0 Å². The van der Waals surface area contributed by atoms with Crippen LogP contribution in [0.5, 0.6) is 0 Å². The van der Waals surface area contributed by atoms with Crippen molar-refractivity contribution in [1.29, 1.82) is 0 Å². The number of aliphatic hydroxyl groups excluding tert-OH is 1. The molecule has 0 aliphatic rings. The summed E-state index contributed by atoms with van der Waals surface area (Å²) in [6.45, 7) is -4.07. The number of halogens is 12. The predicted molar refractivity (Wildman–Crippen MR) is 110 cm³/mol. The second-order valence-corrected chi connectivity index (χ2v) is 8.12. The summed E-state index contributed by atoms with van der Waals surface area (Å²) < 4.78 is 179. The molecule has 0 unspecified atom stereocenters. The summed E-state index contributed by atoms with van der Waals surface area (Å²) in [5.74, 6) is -12.9. The molecule has 0 amide bonds. The molecule has 0 saturated heterocycles. The van der Waals surface area contributed by atoms with Gasteiger partial charge in [-0.25, -0.2) is 9.47 Å². The van der Waals surface area contributed by atoms with E-state index in [0.717, 1.165) is 24.3 Å². The third-order valence-electron chi connectivity index (χ3n) is 4.89. The SMILES string of the molecule is OCOCc1ccc(COCC(F)(F)C(F)(F)C(F)(F)OC(F)(F)C(F)(F)OC(F)(F)Cc2ccccc2)cc1. The summed E-state index contributed by atoms with van der Waals surface area (Å²) in [6, 6.07) is 10.6. The second kappa shape index (κ2) is 12.5. The predicted octanol–water partition coefficient (Wildman–Crippen LogP) is 6.59. The number of ether oxygens (including phenoxy) is 4. The number of rotatable bonds is 16. The third-order valence-corrected chi connectivity index (χ3v) is 4.89. The molecule has 0 bridgehead atoms. The van der Waals surface area contributed by atoms with Gasteiger partial charge in [-0.3, -0.25) is 0 Å². The Hall–Kier alpha value is -2.60. The normalized spacial score (nSPS) is 14.0. The standard InChI is InChI=1S/C23H20F12O5/c24-18(25,13-37-11-16-6-8-17(9-7-16)12-38-14-36)20(28,29)21(30,31)40-23(34,35)22(32,33)39-19(26,27)10-15-4-2-1-3-5-15/h1-9,36H,10-14H2. The maximum atomic E-state index is 13.9. The molecule has 40 heavy (non-hydrogen) atoms. The summed E-state index contributed by atoms with van der Waals surface area (Å²) in [5, 5.41) is 8.54. The van der Waals surface area contributed by atoms with Crippen LogP contribution in [-0.4, -0.2) is 54.8 Å². The molecule has 0 aromatic heterocycles. The number of aliphatic hydroxyl groups is 1. The van der Waals surface area contributed by atoms with Crippen LogP contribution in [0.1, 0.15) is 16.7 Å². The van der Waals surface area contributed by atoms with E-state index in [4.69, 9.17) is 5.11 Å². The van der Waals surface area contributed by atoms with Gasteiger partial charge in [-0.2, -0.15) is 52.7 Å². The van der Waals surface area contributed by atoms with Crippen LogP contribution in [0.15, 0.2) is 54.6 Å². The van der Waals surface area contributed by atoms with Crippen molar-refractivity contribution in [3.63, 3.8) is 0 Å². The summed E-state index contributed by atoms with van der Waals surface area (Å²) in [5.41, 5.74) is 0.0938. The van der Waals surface area contributed by atoms with Crippen LogP contribution in [0.25, 0.3) is 0 Å². The maximum Gasteiger partial charge on any atom is 0.453 e. The lowest BCUT2D eigenvalue weighted by Crippen LogP contribution is -2.61. The first-order valence-electron chi connectivity index (χ1n) is 10.8. The van der Waals surface area contributed by atoms with Gasteiger partial charge in [0.2, 0.25) is 0 Å². The zero-order chi connectivity index (χ0) is 30.5. The zero-order valence-electron chi connectivity index (χ0n) is 19.8. The molecule has 0 saturated carbocycles. The molecule has 2 rings (SSSR count). The van der Waals surface area contributed by atoms with Gasteiger partial charge in [-0.1, -0.05) is 54.6 Å². The molecule has 0 fully saturated rings. The fourth-order valence-corrected chi connectivity index (χ4v) is 2.90. The Morgan fingerprint density at radius 3 is 1.52 bits per heavy atom. The van der Waals surface area contributed by atoms with E-state index in [1.807, 2.05) is 0 Å². The summed E-state index contributed by atoms with van der Waals surface area (Å²) in [4.78, 5) is 0. The van der Waals surface area contributed by atoms with Crippen LogP contribution in [-0.2, 0) is 38.6 Å². The van der Waals surface area contributed by atoms with Crippen molar-refractivity contribution in [2.45, 2.75) is 55.9 Å². The Morgan fingerprint density at radius 2 is 1.02 bits per heavy atom. The van der Waals surface area contributed by atoms with E-state index in [1.165, 1.54) is 30.3 Å². The second-order valence-electron chi connectivity index (χ2n) is 8.12. The van der Waals surface area contributed by atoms with Crippen LogP contribution in [0, 0.1) is 0 Å². The molecular weight excluding hydrogens is 584 g/mol. The van der Waals surface area contributed by atoms with Crippen LogP contribution < -0.4 is 0 Å². The molecule has 0 atom stereocenters. The number of alkyl halides is 12. The van der Waals surface area contributed by atoms with Gasteiger partial charge in [-0.05, 0) is 16.7 Å². The average Bonchev–Trinajstić information content (AvgIpc) is 2.82. The van der Waals surface area contributed by atoms with Gasteiger partial charge in [-0.15, -0.1) is 0 Å². The van der Waals surface area contributed by atoms with Crippen LogP contribution in [0.4, 0.5) is 52.7 Å². The van der Waals surface area contributed by atoms with Gasteiger partial charge < -0.3 is 14.6 Å². The fraction of sp³-hybridized carbons (Fsp3) is 0.478. The minimum Gasteiger partial charge on any atom is -0.371 e. The Labute approximate surface area is 218 Å². The molecule has 5 nitrogen and oxygen atoms in total. The quantitative estimate of drug-likeness (QED) is 0.173. The molecule has 0 aliphatic carbocycles. The molecule has 0 spiro atoms. The first-order valence-corrected chi connectivity index (χ1v) is 10.8. The van der Waals surface area contributed by atoms with Gasteiger partial charge >= 0.3 is 36.3 Å². The van der Waals surface area contributed by atoms with Crippen LogP contribution in [0.2, 0.25) is 0 Å². The third kappa shape index (κ3) is 8.45. The average molecular weight is 604 g/mol. The van der Waals surface area contributed by atoms with Gasteiger partial charge in [0.05, 0.1) is 19.6 Å². The maximum absolute atomic E-state index is 13.9. The molecular formula is C23H20F12O5. The molecule has 226 valence electrons. The molecule has 2 aromatic rings. The van der Waals surface area contributed by atoms with E-state index < -0.39 is 68.3 Å². The molecule has 0 aliphatic heterocycles. The van der Waals surface area contributed by atoms with Crippen molar-refractivity contribution in [3.8, 4) is 0 Å². The highest BCUT2D eigenvalue weighted by Gasteiger charge is 2.78. The Morgan fingerprint density at radius 1 is 0.550 bits per heavy atom. The highest BCUT2D eigenvalue weighted by atomic mass is 19.4. The lowest BCUT2D eigenvalue weighted by molar-refractivity contribution is -0.536. The first kappa shape index (κ1) is 33.6. The Balaban J connectivity index is 2.07. The number of hydrogen-bond acceptors (Lipinski definition) is 5. The summed E-state index contributed by atoms with van der Waals surface area (Å²) in [7, 11) is 0. The van der Waals surface area contributed by atoms with Crippen molar-refractivity contribution in [3.05, 3.63) is 71.3 Å². The van der Waals surface area contributed by atoms with E-state index in [9.17, 15) is 52.7 Å². The summed E-state index contributed by atoms with van der Waals surface area (Å²) >= 11 is 0. The molecule has 0 radical (unpaired) electrons. The zero-order valence-corrected chi connectivity index (χ0v) is 19.8. The van der Waals surface area contributed by atoms with Crippen LogP contribution >= 0.6 is 0 Å². The van der Waals surface area contributed by atoms with Gasteiger partial charge in [0, 0.05) is 0 Å². The lowest BCUT2D eigenvalue weighted by atomic mass is 10.1. The lowest BCUT2D eigenvalue weighted by Gasteiger charge is -2.36. The largest absolute Gasteiger partial charge is 0.453 e. The monoisotopic (exact) mass is 604 g/mol. The first-order chi connectivity index (χ1) is 18.3. The van der Waals surface area contributed by atoms with Gasteiger partial charge in [0.1, 0.15) is 13.4 Å². The molecule has 0 heterocycles. The van der Waals surface area contributed by atoms with Crippen molar-refractivity contribution < 1.29 is 76.7 Å². The van der Waals surface area contributed by atoms with Crippen molar-refractivity contribution in [2.24, 2.45) is 0 Å².